The van der Waals surface area contributed by atoms with Crippen LogP contribution in [0.3, 0.4) is 0 Å². The number of unbranched alkanes of at least 4 members (excludes halogenated alkanes) is 1. The van der Waals surface area contributed by atoms with Crippen molar-refractivity contribution in [3.8, 4) is 0 Å². The fourth-order valence-electron chi connectivity index (χ4n) is 3.04. The van der Waals surface area contributed by atoms with Crippen molar-refractivity contribution in [3.05, 3.63) is 28.8 Å². The Morgan fingerprint density at radius 3 is 2.59 bits per heavy atom. The summed E-state index contributed by atoms with van der Waals surface area (Å²) >= 11 is 8.42. The quantitative estimate of drug-likeness (QED) is 0.235. The van der Waals surface area contributed by atoms with E-state index >= 15 is 0 Å². The number of aliphatic imine (C=N–C) groups is 1. The lowest BCUT2D eigenvalue weighted by molar-refractivity contribution is 0.312. The summed E-state index contributed by atoms with van der Waals surface area (Å²) in [6.45, 7) is 5.84. The van der Waals surface area contributed by atoms with E-state index in [1.165, 1.54) is 17.9 Å². The van der Waals surface area contributed by atoms with Gasteiger partial charge in [-0.05, 0) is 44.0 Å². The number of hydrogen-bond donors (Lipinski definition) is 2. The van der Waals surface area contributed by atoms with Gasteiger partial charge in [-0.15, -0.1) is 24.0 Å². The lowest BCUT2D eigenvalue weighted by Gasteiger charge is -2.35. The van der Waals surface area contributed by atoms with E-state index in [0.717, 1.165) is 55.7 Å². The molecule has 0 spiro atoms. The Morgan fingerprint density at radius 2 is 1.93 bits per heavy atom. The van der Waals surface area contributed by atoms with Gasteiger partial charge in [-0.3, -0.25) is 4.99 Å². The van der Waals surface area contributed by atoms with Crippen LogP contribution in [0.25, 0.3) is 0 Å². The minimum atomic E-state index is 0. The molecule has 2 rings (SSSR count). The van der Waals surface area contributed by atoms with Crippen molar-refractivity contribution in [1.82, 2.24) is 15.5 Å². The van der Waals surface area contributed by atoms with E-state index < -0.39 is 0 Å². The molecule has 0 saturated carbocycles. The summed E-state index contributed by atoms with van der Waals surface area (Å²) in [5.74, 6) is 2.04. The van der Waals surface area contributed by atoms with E-state index in [2.05, 4.69) is 44.8 Å². The maximum atomic E-state index is 6.53. The molecule has 27 heavy (non-hydrogen) atoms. The molecule has 0 unspecified atom stereocenters. The van der Waals surface area contributed by atoms with Crippen LogP contribution >= 0.6 is 47.3 Å². The Balaban J connectivity index is 0.00000364. The third kappa shape index (κ3) is 8.25. The zero-order valence-electron chi connectivity index (χ0n) is 16.6. The number of piperazine rings is 1. The zero-order chi connectivity index (χ0) is 18.8. The van der Waals surface area contributed by atoms with Crippen LogP contribution in [-0.4, -0.2) is 69.7 Å². The fourth-order valence-corrected chi connectivity index (χ4v) is 3.77. The van der Waals surface area contributed by atoms with Gasteiger partial charge < -0.3 is 20.4 Å². The van der Waals surface area contributed by atoms with Gasteiger partial charge in [-0.1, -0.05) is 17.7 Å². The number of guanidine groups is 1. The number of benzene rings is 1. The highest BCUT2D eigenvalue weighted by atomic mass is 127. The normalized spacial score (nSPS) is 15.4. The Kier molecular flexibility index (Phi) is 12.5. The van der Waals surface area contributed by atoms with E-state index in [-0.39, 0.29) is 24.0 Å². The molecule has 0 aromatic heterocycles. The predicted molar refractivity (Wildman–Crippen MR) is 132 cm³/mol. The van der Waals surface area contributed by atoms with Gasteiger partial charge in [-0.2, -0.15) is 11.8 Å². The average molecular weight is 526 g/mol. The highest BCUT2D eigenvalue weighted by molar-refractivity contribution is 14.0. The monoisotopic (exact) mass is 525 g/mol. The summed E-state index contributed by atoms with van der Waals surface area (Å²) in [6.07, 6.45) is 4.53. The van der Waals surface area contributed by atoms with Gasteiger partial charge in [-0.25, -0.2) is 0 Å². The number of anilines is 1. The molecule has 1 aromatic rings. The molecule has 2 N–H and O–H groups in total. The van der Waals surface area contributed by atoms with Gasteiger partial charge in [0.1, 0.15) is 0 Å². The molecular weight excluding hydrogens is 493 g/mol. The van der Waals surface area contributed by atoms with E-state index in [1.807, 2.05) is 30.9 Å². The fraction of sp³-hybridized carbons (Fsp3) is 0.632. The van der Waals surface area contributed by atoms with Crippen LogP contribution in [0.15, 0.2) is 23.2 Å². The molecule has 1 aromatic carbocycles. The number of thioether (sulfide) groups is 1. The second kappa shape index (κ2) is 13.7. The first-order valence-corrected chi connectivity index (χ1v) is 11.1. The molecule has 0 atom stereocenters. The Morgan fingerprint density at radius 1 is 1.19 bits per heavy atom. The third-order valence-corrected chi connectivity index (χ3v) is 5.71. The summed E-state index contributed by atoms with van der Waals surface area (Å²) in [4.78, 5) is 9.12. The highest BCUT2D eigenvalue weighted by Crippen LogP contribution is 2.28. The Bertz CT molecular complexity index is 579. The maximum Gasteiger partial charge on any atom is 0.191 e. The van der Waals surface area contributed by atoms with Crippen molar-refractivity contribution in [1.29, 1.82) is 0 Å². The van der Waals surface area contributed by atoms with Crippen LogP contribution < -0.4 is 15.5 Å². The molecule has 0 bridgehead atoms. The first kappa shape index (κ1) is 24.7. The molecule has 1 aliphatic rings. The number of nitrogens with zero attached hydrogens (tertiary/aromatic N) is 3. The summed E-state index contributed by atoms with van der Waals surface area (Å²) in [6, 6.07) is 6.18. The number of halogens is 2. The molecule has 8 heteroatoms. The van der Waals surface area contributed by atoms with Crippen LogP contribution in [0.4, 0.5) is 5.69 Å². The predicted octanol–water partition coefficient (Wildman–Crippen LogP) is 3.52. The van der Waals surface area contributed by atoms with Crippen molar-refractivity contribution in [3.63, 3.8) is 0 Å². The smallest absolute Gasteiger partial charge is 0.191 e. The summed E-state index contributed by atoms with van der Waals surface area (Å²) in [7, 11) is 3.98. The highest BCUT2D eigenvalue weighted by Gasteiger charge is 2.18. The second-order valence-corrected chi connectivity index (χ2v) is 7.97. The molecule has 1 heterocycles. The van der Waals surface area contributed by atoms with Crippen molar-refractivity contribution < 1.29 is 0 Å². The number of likely N-dealkylation sites (N-methyl/N-ethyl adjacent to an activating group) is 1. The van der Waals surface area contributed by atoms with Gasteiger partial charge in [0.05, 0.1) is 0 Å². The minimum Gasteiger partial charge on any atom is -0.369 e. The lowest BCUT2D eigenvalue weighted by Crippen LogP contribution is -2.45. The van der Waals surface area contributed by atoms with Crippen LogP contribution in [0.1, 0.15) is 18.4 Å². The Labute approximate surface area is 190 Å². The SMILES string of the molecule is CN=C(NCCCCSC)NCc1c(Cl)cccc1N1CCN(C)CC1.I. The van der Waals surface area contributed by atoms with Crippen molar-refractivity contribution in [2.45, 2.75) is 19.4 Å². The maximum absolute atomic E-state index is 6.53. The Hall–Kier alpha value is -0.380. The molecule has 154 valence electrons. The van der Waals surface area contributed by atoms with E-state index in [9.17, 15) is 0 Å². The largest absolute Gasteiger partial charge is 0.369 e. The molecule has 1 fully saturated rings. The molecule has 0 aliphatic carbocycles. The molecular formula is C19H33ClIN5S. The van der Waals surface area contributed by atoms with Gasteiger partial charge in [0.25, 0.3) is 0 Å². The number of rotatable bonds is 8. The minimum absolute atomic E-state index is 0. The van der Waals surface area contributed by atoms with Crippen LogP contribution in [0.2, 0.25) is 5.02 Å². The molecule has 1 aliphatic heterocycles. The standard InChI is InChI=1S/C19H32ClN5S.HI/c1-21-19(22-9-4-5-14-26-3)23-15-16-17(20)7-6-8-18(16)25-12-10-24(2)11-13-25;/h6-8H,4-5,9-15H2,1-3H3,(H2,21,22,23);1H. The van der Waals surface area contributed by atoms with Crippen LogP contribution in [0.5, 0.6) is 0 Å². The summed E-state index contributed by atoms with van der Waals surface area (Å²) in [5, 5.41) is 7.62. The number of hydrogen-bond acceptors (Lipinski definition) is 4. The van der Waals surface area contributed by atoms with Gasteiger partial charge >= 0.3 is 0 Å². The van der Waals surface area contributed by atoms with Gasteiger partial charge in [0.15, 0.2) is 5.96 Å². The topological polar surface area (TPSA) is 42.9 Å². The van der Waals surface area contributed by atoms with Crippen LogP contribution in [0, 0.1) is 0 Å². The lowest BCUT2D eigenvalue weighted by atomic mass is 10.1. The molecule has 5 nitrogen and oxygen atoms in total. The van der Waals surface area contributed by atoms with E-state index in [1.54, 1.807) is 0 Å². The van der Waals surface area contributed by atoms with E-state index in [0.29, 0.717) is 6.54 Å². The first-order valence-electron chi connectivity index (χ1n) is 9.30. The molecule has 1 saturated heterocycles. The average Bonchev–Trinajstić information content (AvgIpc) is 2.65. The first-order chi connectivity index (χ1) is 12.7. The number of nitrogens with one attached hydrogen (secondary N) is 2. The third-order valence-electron chi connectivity index (χ3n) is 4.66. The molecule has 0 radical (unpaired) electrons. The summed E-state index contributed by atoms with van der Waals surface area (Å²) in [5.41, 5.74) is 2.37. The van der Waals surface area contributed by atoms with Gasteiger partial charge in [0, 0.05) is 62.6 Å². The van der Waals surface area contributed by atoms with E-state index in [4.69, 9.17) is 11.6 Å². The summed E-state index contributed by atoms with van der Waals surface area (Å²) < 4.78 is 0. The van der Waals surface area contributed by atoms with Crippen LogP contribution in [-0.2, 0) is 6.54 Å². The second-order valence-electron chi connectivity index (χ2n) is 6.58. The van der Waals surface area contributed by atoms with Crippen molar-refractivity contribution >= 4 is 59.0 Å². The molecule has 0 amide bonds. The van der Waals surface area contributed by atoms with Gasteiger partial charge in [0.2, 0.25) is 0 Å². The van der Waals surface area contributed by atoms with Crippen molar-refractivity contribution in [2.24, 2.45) is 4.99 Å². The van der Waals surface area contributed by atoms with Crippen molar-refractivity contribution in [2.75, 3.05) is 63.7 Å². The zero-order valence-corrected chi connectivity index (χ0v) is 20.5.